The molecule has 0 aromatic heterocycles. The van der Waals surface area contributed by atoms with Crippen LogP contribution in [0.5, 0.6) is 0 Å². The van der Waals surface area contributed by atoms with E-state index in [2.05, 4.69) is 10.6 Å². The van der Waals surface area contributed by atoms with Crippen molar-refractivity contribution in [3.63, 3.8) is 0 Å². The van der Waals surface area contributed by atoms with E-state index in [1.54, 1.807) is 12.1 Å². The molecule has 1 fully saturated rings. The maximum Gasteiger partial charge on any atom is 0.238 e. The van der Waals surface area contributed by atoms with Gasteiger partial charge in [0.05, 0.1) is 10.8 Å². The highest BCUT2D eigenvalue weighted by Gasteiger charge is 2.24. The number of primary sulfonamides is 1. The van der Waals surface area contributed by atoms with E-state index in [-0.39, 0.29) is 29.1 Å². The van der Waals surface area contributed by atoms with Crippen LogP contribution in [0.3, 0.4) is 0 Å². The number of carbonyl (C=O) groups excluding carboxylic acids is 1. The van der Waals surface area contributed by atoms with Crippen molar-refractivity contribution in [1.82, 2.24) is 10.6 Å². The van der Waals surface area contributed by atoms with Crippen molar-refractivity contribution in [2.24, 2.45) is 11.1 Å². The van der Waals surface area contributed by atoms with Gasteiger partial charge in [-0.3, -0.25) is 4.79 Å². The Kier molecular flexibility index (Phi) is 5.94. The van der Waals surface area contributed by atoms with Crippen LogP contribution in [0.1, 0.15) is 5.56 Å². The monoisotopic (exact) mass is 319 g/mol. The molecule has 0 spiro atoms. The number of rotatable bonds is 5. The zero-order valence-electron chi connectivity index (χ0n) is 10.8. The molecule has 1 saturated heterocycles. The summed E-state index contributed by atoms with van der Waals surface area (Å²) in [4.78, 5) is 11.7. The fourth-order valence-corrected chi connectivity index (χ4v) is 2.31. The number of halogens is 1. The lowest BCUT2D eigenvalue weighted by molar-refractivity contribution is -0.126. The van der Waals surface area contributed by atoms with Gasteiger partial charge in [0.25, 0.3) is 0 Å². The Labute approximate surface area is 124 Å². The summed E-state index contributed by atoms with van der Waals surface area (Å²) in [5.74, 6) is 0.157. The van der Waals surface area contributed by atoms with Crippen molar-refractivity contribution in [2.75, 3.05) is 19.6 Å². The molecule has 1 amide bonds. The highest BCUT2D eigenvalue weighted by atomic mass is 35.5. The predicted octanol–water partition coefficient (Wildman–Crippen LogP) is -0.366. The fraction of sp³-hybridized carbons (Fsp3) is 0.417. The third kappa shape index (κ3) is 4.45. The van der Waals surface area contributed by atoms with Gasteiger partial charge < -0.3 is 10.6 Å². The van der Waals surface area contributed by atoms with Crippen LogP contribution in [0.4, 0.5) is 0 Å². The second-order valence-corrected chi connectivity index (χ2v) is 6.15. The molecule has 1 heterocycles. The molecule has 0 radical (unpaired) electrons. The van der Waals surface area contributed by atoms with Crippen molar-refractivity contribution in [3.05, 3.63) is 29.8 Å². The van der Waals surface area contributed by atoms with Gasteiger partial charge in [-0.1, -0.05) is 12.1 Å². The molecule has 112 valence electrons. The Morgan fingerprint density at radius 3 is 2.35 bits per heavy atom. The smallest absolute Gasteiger partial charge is 0.238 e. The molecule has 6 nitrogen and oxygen atoms in total. The molecule has 0 atom stereocenters. The molecule has 0 unspecified atom stereocenters. The summed E-state index contributed by atoms with van der Waals surface area (Å²) in [6.45, 7) is 2.04. The van der Waals surface area contributed by atoms with Gasteiger partial charge in [-0.15, -0.1) is 12.4 Å². The molecular weight excluding hydrogens is 302 g/mol. The van der Waals surface area contributed by atoms with E-state index in [1.807, 2.05) is 0 Å². The molecule has 1 aromatic carbocycles. The maximum absolute atomic E-state index is 11.6. The Balaban J connectivity index is 0.00000200. The normalized spacial score (nSPS) is 15.1. The quantitative estimate of drug-likeness (QED) is 0.689. The lowest BCUT2D eigenvalue weighted by Gasteiger charge is -2.25. The highest BCUT2D eigenvalue weighted by Crippen LogP contribution is 2.09. The second-order valence-electron chi connectivity index (χ2n) is 4.59. The highest BCUT2D eigenvalue weighted by molar-refractivity contribution is 7.89. The van der Waals surface area contributed by atoms with Gasteiger partial charge >= 0.3 is 0 Å². The van der Waals surface area contributed by atoms with Gasteiger partial charge in [0.2, 0.25) is 15.9 Å². The van der Waals surface area contributed by atoms with Crippen LogP contribution < -0.4 is 15.8 Å². The van der Waals surface area contributed by atoms with E-state index in [9.17, 15) is 13.2 Å². The molecule has 1 aliphatic heterocycles. The number of hydrogen-bond acceptors (Lipinski definition) is 4. The number of hydrogen-bond donors (Lipinski definition) is 3. The molecule has 0 bridgehead atoms. The summed E-state index contributed by atoms with van der Waals surface area (Å²) in [5.41, 5.74) is 0.958. The summed E-state index contributed by atoms with van der Waals surface area (Å²) >= 11 is 0. The van der Waals surface area contributed by atoms with Crippen LogP contribution in [-0.2, 0) is 21.2 Å². The first kappa shape index (κ1) is 16.9. The minimum atomic E-state index is -3.64. The Hall–Kier alpha value is -1.15. The van der Waals surface area contributed by atoms with E-state index in [0.29, 0.717) is 13.0 Å². The summed E-state index contributed by atoms with van der Waals surface area (Å²) < 4.78 is 22.2. The number of carbonyl (C=O) groups is 1. The van der Waals surface area contributed by atoms with Gasteiger partial charge in [-0.25, -0.2) is 13.6 Å². The third-order valence-electron chi connectivity index (χ3n) is 3.12. The molecule has 0 saturated carbocycles. The zero-order chi connectivity index (χ0) is 13.9. The predicted molar refractivity (Wildman–Crippen MR) is 78.1 cm³/mol. The summed E-state index contributed by atoms with van der Waals surface area (Å²) in [7, 11) is -3.64. The van der Waals surface area contributed by atoms with Crippen LogP contribution in [0.2, 0.25) is 0 Å². The molecule has 8 heteroatoms. The minimum absolute atomic E-state index is 0. The van der Waals surface area contributed by atoms with Crippen LogP contribution in [-0.4, -0.2) is 34.0 Å². The van der Waals surface area contributed by atoms with Crippen LogP contribution in [0.15, 0.2) is 29.2 Å². The average molecular weight is 320 g/mol. The first-order chi connectivity index (χ1) is 8.97. The second kappa shape index (κ2) is 7.03. The van der Waals surface area contributed by atoms with Gasteiger partial charge in [-0.05, 0) is 24.1 Å². The summed E-state index contributed by atoms with van der Waals surface area (Å²) in [5, 5.41) is 10.9. The largest absolute Gasteiger partial charge is 0.355 e. The van der Waals surface area contributed by atoms with Gasteiger partial charge in [0.1, 0.15) is 0 Å². The van der Waals surface area contributed by atoms with E-state index in [1.165, 1.54) is 12.1 Å². The Morgan fingerprint density at radius 2 is 1.90 bits per heavy atom. The van der Waals surface area contributed by atoms with Crippen LogP contribution >= 0.6 is 12.4 Å². The number of nitrogens with one attached hydrogen (secondary N) is 2. The zero-order valence-corrected chi connectivity index (χ0v) is 12.5. The number of nitrogens with two attached hydrogens (primary N) is 1. The molecule has 1 aromatic rings. The van der Waals surface area contributed by atoms with Crippen LogP contribution in [0.25, 0.3) is 0 Å². The van der Waals surface area contributed by atoms with E-state index >= 15 is 0 Å². The molecule has 1 aliphatic rings. The van der Waals surface area contributed by atoms with Gasteiger partial charge in [-0.2, -0.15) is 0 Å². The molecule has 0 aliphatic carbocycles. The maximum atomic E-state index is 11.6. The first-order valence-corrected chi connectivity index (χ1v) is 7.61. The standard InChI is InChI=1S/C12H17N3O3S.ClH/c13-19(17,18)11-3-1-9(2-4-11)5-6-15-12(16)10-7-14-8-10;/h1-4,10,14H,5-8H2,(H,15,16)(H2,13,17,18);1H. The van der Waals surface area contributed by atoms with Gasteiger partial charge in [0, 0.05) is 19.6 Å². The van der Waals surface area contributed by atoms with Crippen molar-refractivity contribution < 1.29 is 13.2 Å². The Bertz CT molecular complexity index is 556. The van der Waals surface area contributed by atoms with E-state index in [0.717, 1.165) is 18.7 Å². The molecular formula is C12H18ClN3O3S. The summed E-state index contributed by atoms with van der Waals surface area (Å²) in [6, 6.07) is 6.36. The number of benzene rings is 1. The number of sulfonamides is 1. The average Bonchev–Trinajstić information content (AvgIpc) is 2.26. The first-order valence-electron chi connectivity index (χ1n) is 6.07. The number of amides is 1. The summed E-state index contributed by atoms with van der Waals surface area (Å²) in [6.07, 6.45) is 0.663. The lowest BCUT2D eigenvalue weighted by Crippen LogP contribution is -2.51. The molecule has 2 rings (SSSR count). The van der Waals surface area contributed by atoms with Crippen molar-refractivity contribution in [1.29, 1.82) is 0 Å². The van der Waals surface area contributed by atoms with Crippen LogP contribution in [0, 0.1) is 5.92 Å². The topological polar surface area (TPSA) is 101 Å². The molecule has 4 N–H and O–H groups in total. The molecule has 20 heavy (non-hydrogen) atoms. The van der Waals surface area contributed by atoms with Crippen molar-refractivity contribution >= 4 is 28.3 Å². The van der Waals surface area contributed by atoms with E-state index in [4.69, 9.17) is 5.14 Å². The minimum Gasteiger partial charge on any atom is -0.355 e. The van der Waals surface area contributed by atoms with Crippen molar-refractivity contribution in [2.45, 2.75) is 11.3 Å². The van der Waals surface area contributed by atoms with Crippen molar-refractivity contribution in [3.8, 4) is 0 Å². The van der Waals surface area contributed by atoms with E-state index < -0.39 is 10.0 Å². The third-order valence-corrected chi connectivity index (χ3v) is 4.05. The lowest BCUT2D eigenvalue weighted by atomic mass is 10.0. The van der Waals surface area contributed by atoms with Gasteiger partial charge in [0.15, 0.2) is 0 Å². The fourth-order valence-electron chi connectivity index (χ4n) is 1.79. The Morgan fingerprint density at radius 1 is 1.30 bits per heavy atom. The SMILES string of the molecule is Cl.NS(=O)(=O)c1ccc(CCNC(=O)C2CNC2)cc1.